The zero-order chi connectivity index (χ0) is 16.9. The smallest absolute Gasteiger partial charge is 0.240 e. The second-order valence-electron chi connectivity index (χ2n) is 5.20. The van der Waals surface area contributed by atoms with E-state index in [0.29, 0.717) is 5.56 Å². The van der Waals surface area contributed by atoms with Gasteiger partial charge in [0.15, 0.2) is 0 Å². The summed E-state index contributed by atoms with van der Waals surface area (Å²) >= 11 is 0. The van der Waals surface area contributed by atoms with E-state index in [9.17, 15) is 13.5 Å². The lowest BCUT2D eigenvalue weighted by molar-refractivity contribution is 0.181. The molecule has 5 nitrogen and oxygen atoms in total. The quantitative estimate of drug-likeness (QED) is 0.848. The van der Waals surface area contributed by atoms with Crippen LogP contribution in [-0.2, 0) is 16.4 Å². The predicted octanol–water partition coefficient (Wildman–Crippen LogP) is 2.07. The first kappa shape index (κ1) is 17.2. The summed E-state index contributed by atoms with van der Waals surface area (Å²) < 4.78 is 26.9. The van der Waals surface area contributed by atoms with E-state index in [2.05, 4.69) is 4.72 Å². The summed E-state index contributed by atoms with van der Waals surface area (Å²) in [6.07, 6.45) is -0.677. The fourth-order valence-electron chi connectivity index (χ4n) is 2.22. The molecule has 0 aliphatic heterocycles. The first-order valence-electron chi connectivity index (χ1n) is 7.13. The highest BCUT2D eigenvalue weighted by Crippen LogP contribution is 2.17. The van der Waals surface area contributed by atoms with E-state index < -0.39 is 16.1 Å². The van der Waals surface area contributed by atoms with E-state index in [-0.39, 0.29) is 17.9 Å². The van der Waals surface area contributed by atoms with Crippen LogP contribution >= 0.6 is 0 Å². The summed E-state index contributed by atoms with van der Waals surface area (Å²) in [5, 5.41) is 18.8. The number of rotatable bonds is 6. The maximum atomic E-state index is 12.2. The van der Waals surface area contributed by atoms with E-state index in [0.717, 1.165) is 11.1 Å². The molecule has 23 heavy (non-hydrogen) atoms. The highest BCUT2D eigenvalue weighted by molar-refractivity contribution is 7.89. The molecule has 6 heteroatoms. The molecule has 0 aromatic heterocycles. The van der Waals surface area contributed by atoms with Crippen molar-refractivity contribution in [2.45, 2.75) is 24.3 Å². The highest BCUT2D eigenvalue weighted by Gasteiger charge is 2.17. The van der Waals surface area contributed by atoms with Crippen molar-refractivity contribution >= 4 is 10.0 Å². The fourth-order valence-corrected chi connectivity index (χ4v) is 3.26. The average Bonchev–Trinajstić information content (AvgIpc) is 2.54. The molecule has 0 aliphatic rings. The minimum absolute atomic E-state index is 0.104. The van der Waals surface area contributed by atoms with E-state index in [4.69, 9.17) is 5.26 Å². The number of sulfonamides is 1. The molecule has 0 saturated carbocycles. The van der Waals surface area contributed by atoms with Gasteiger partial charge in [-0.2, -0.15) is 5.26 Å². The van der Waals surface area contributed by atoms with Crippen molar-refractivity contribution in [3.05, 3.63) is 65.2 Å². The van der Waals surface area contributed by atoms with Gasteiger partial charge < -0.3 is 5.11 Å². The van der Waals surface area contributed by atoms with Crippen LogP contribution < -0.4 is 4.72 Å². The summed E-state index contributed by atoms with van der Waals surface area (Å²) in [5.74, 6) is 0. The predicted molar refractivity (Wildman–Crippen MR) is 87.1 cm³/mol. The van der Waals surface area contributed by atoms with Crippen LogP contribution in [0.25, 0.3) is 0 Å². The first-order chi connectivity index (χ1) is 10.9. The maximum absolute atomic E-state index is 12.2. The number of nitrogens with zero attached hydrogens (tertiary/aromatic N) is 1. The molecule has 0 spiro atoms. The van der Waals surface area contributed by atoms with Gasteiger partial charge in [-0.15, -0.1) is 0 Å². The van der Waals surface area contributed by atoms with Crippen molar-refractivity contribution < 1.29 is 13.5 Å². The molecule has 0 saturated heterocycles. The Morgan fingerprint density at radius 3 is 2.43 bits per heavy atom. The van der Waals surface area contributed by atoms with Crippen LogP contribution in [0, 0.1) is 18.3 Å². The summed E-state index contributed by atoms with van der Waals surface area (Å²) in [7, 11) is -3.70. The van der Waals surface area contributed by atoms with Crippen molar-refractivity contribution in [3.63, 3.8) is 0 Å². The molecule has 0 fully saturated rings. The average molecular weight is 330 g/mol. The number of nitrogens with one attached hydrogen (secondary N) is 1. The molecule has 1 unspecified atom stereocenters. The monoisotopic (exact) mass is 330 g/mol. The Kier molecular flexibility index (Phi) is 5.50. The van der Waals surface area contributed by atoms with Crippen LogP contribution in [0.5, 0.6) is 0 Å². The Labute approximate surface area is 136 Å². The van der Waals surface area contributed by atoms with Crippen molar-refractivity contribution in [2.75, 3.05) is 6.54 Å². The molecule has 0 bridgehead atoms. The minimum Gasteiger partial charge on any atom is -0.387 e. The topological polar surface area (TPSA) is 90.2 Å². The van der Waals surface area contributed by atoms with Crippen LogP contribution in [0.15, 0.2) is 53.4 Å². The molecule has 2 aromatic carbocycles. The number of nitriles is 1. The third-order valence-electron chi connectivity index (χ3n) is 3.53. The standard InChI is InChI=1S/C17H18N2O3S/c1-13-4-2-3-5-16(13)17(20)12-19-23(21,22)15-8-6-14(7-9-15)10-11-18/h2-9,17,19-20H,10,12H2,1H3. The third-order valence-corrected chi connectivity index (χ3v) is 4.97. The van der Waals surface area contributed by atoms with Crippen molar-refractivity contribution in [2.24, 2.45) is 0 Å². The van der Waals surface area contributed by atoms with Crippen molar-refractivity contribution in [3.8, 4) is 6.07 Å². The molecule has 0 amide bonds. The number of hydrogen-bond donors (Lipinski definition) is 2. The van der Waals surface area contributed by atoms with Gasteiger partial charge in [0.2, 0.25) is 10.0 Å². The van der Waals surface area contributed by atoms with E-state index in [1.165, 1.54) is 12.1 Å². The molecule has 2 N–H and O–H groups in total. The van der Waals surface area contributed by atoms with E-state index in [1.807, 2.05) is 25.1 Å². The highest BCUT2D eigenvalue weighted by atomic mass is 32.2. The van der Waals surface area contributed by atoms with Gasteiger partial charge in [0.25, 0.3) is 0 Å². The van der Waals surface area contributed by atoms with Gasteiger partial charge in [0.1, 0.15) is 0 Å². The van der Waals surface area contributed by atoms with Gasteiger partial charge in [-0.05, 0) is 35.7 Å². The van der Waals surface area contributed by atoms with Crippen molar-refractivity contribution in [1.82, 2.24) is 4.72 Å². The lowest BCUT2D eigenvalue weighted by Gasteiger charge is -2.14. The largest absolute Gasteiger partial charge is 0.387 e. The molecule has 2 rings (SSSR count). The summed E-state index contributed by atoms with van der Waals surface area (Å²) in [6.45, 7) is 1.76. The Morgan fingerprint density at radius 1 is 1.17 bits per heavy atom. The van der Waals surface area contributed by atoms with Gasteiger partial charge in [-0.25, -0.2) is 13.1 Å². The van der Waals surface area contributed by atoms with Crippen LogP contribution in [0.2, 0.25) is 0 Å². The minimum atomic E-state index is -3.70. The Morgan fingerprint density at radius 2 is 1.83 bits per heavy atom. The van der Waals surface area contributed by atoms with Crippen LogP contribution in [-0.4, -0.2) is 20.1 Å². The second kappa shape index (κ2) is 7.38. The van der Waals surface area contributed by atoms with Crippen molar-refractivity contribution in [1.29, 1.82) is 5.26 Å². The summed E-state index contributed by atoms with van der Waals surface area (Å²) in [4.78, 5) is 0.108. The summed E-state index contributed by atoms with van der Waals surface area (Å²) in [5.41, 5.74) is 2.35. The normalized spacial score (nSPS) is 12.6. The van der Waals surface area contributed by atoms with Gasteiger partial charge in [-0.3, -0.25) is 0 Å². The van der Waals surface area contributed by atoms with Gasteiger partial charge in [0, 0.05) is 6.54 Å². The molecular formula is C17H18N2O3S. The van der Waals surface area contributed by atoms with E-state index in [1.54, 1.807) is 24.3 Å². The molecule has 0 aliphatic carbocycles. The number of aliphatic hydroxyl groups is 1. The zero-order valence-electron chi connectivity index (χ0n) is 12.7. The maximum Gasteiger partial charge on any atom is 0.240 e. The van der Waals surface area contributed by atoms with Crippen LogP contribution in [0.4, 0.5) is 0 Å². The molecule has 0 heterocycles. The van der Waals surface area contributed by atoms with Gasteiger partial charge in [-0.1, -0.05) is 36.4 Å². The Balaban J connectivity index is 2.07. The third kappa shape index (κ3) is 4.39. The Bertz CT molecular complexity index is 808. The van der Waals surface area contributed by atoms with Gasteiger partial charge >= 0.3 is 0 Å². The SMILES string of the molecule is Cc1ccccc1C(O)CNS(=O)(=O)c1ccc(CC#N)cc1. The van der Waals surface area contributed by atoms with Crippen LogP contribution in [0.1, 0.15) is 22.8 Å². The first-order valence-corrected chi connectivity index (χ1v) is 8.61. The van der Waals surface area contributed by atoms with E-state index >= 15 is 0 Å². The number of hydrogen-bond acceptors (Lipinski definition) is 4. The lowest BCUT2D eigenvalue weighted by atomic mass is 10.0. The van der Waals surface area contributed by atoms with Crippen LogP contribution in [0.3, 0.4) is 0 Å². The number of benzene rings is 2. The zero-order valence-corrected chi connectivity index (χ0v) is 13.5. The Hall–Kier alpha value is -2.20. The summed E-state index contributed by atoms with van der Waals surface area (Å²) in [6, 6.07) is 15.4. The molecule has 1 atom stereocenters. The molecular weight excluding hydrogens is 312 g/mol. The number of aryl methyl sites for hydroxylation is 1. The number of aliphatic hydroxyl groups excluding tert-OH is 1. The molecule has 2 aromatic rings. The van der Waals surface area contributed by atoms with Gasteiger partial charge in [0.05, 0.1) is 23.5 Å². The lowest BCUT2D eigenvalue weighted by Crippen LogP contribution is -2.28. The second-order valence-corrected chi connectivity index (χ2v) is 6.97. The molecule has 0 radical (unpaired) electrons. The fraction of sp³-hybridized carbons (Fsp3) is 0.235. The molecule has 120 valence electrons.